The number of sulfone groups is 1. The normalized spacial score (nSPS) is 15.4. The maximum absolute atomic E-state index is 12.9. The van der Waals surface area contributed by atoms with E-state index in [0.29, 0.717) is 39.3 Å². The van der Waals surface area contributed by atoms with Gasteiger partial charge < -0.3 is 10.1 Å². The number of carbonyl (C=O) groups is 1. The number of fused-ring (bicyclic) bond motifs is 1. The largest absolute Gasteiger partial charge is 0.492 e. The molecule has 0 aliphatic carbocycles. The number of rotatable bonds is 7. The van der Waals surface area contributed by atoms with Crippen LogP contribution in [0.1, 0.15) is 30.1 Å². The van der Waals surface area contributed by atoms with Crippen molar-refractivity contribution in [1.82, 2.24) is 4.98 Å². The van der Waals surface area contributed by atoms with Crippen molar-refractivity contribution in [2.24, 2.45) is 5.92 Å². The lowest BCUT2D eigenvalue weighted by molar-refractivity contribution is -0.120. The van der Waals surface area contributed by atoms with Gasteiger partial charge in [0.05, 0.1) is 16.5 Å². The first-order valence-corrected chi connectivity index (χ1v) is 13.2. The molecule has 1 aliphatic heterocycles. The predicted octanol–water partition coefficient (Wildman–Crippen LogP) is 5.95. The third-order valence-electron chi connectivity index (χ3n) is 5.13. The Balaban J connectivity index is 0.00000306. The third kappa shape index (κ3) is 6.06. The number of benzene rings is 2. The van der Waals surface area contributed by atoms with Crippen molar-refractivity contribution in [2.75, 3.05) is 11.9 Å². The Morgan fingerprint density at radius 2 is 2.00 bits per heavy atom. The van der Waals surface area contributed by atoms with Crippen molar-refractivity contribution in [2.45, 2.75) is 37.8 Å². The molecule has 0 bridgehead atoms. The minimum atomic E-state index is -3.54. The number of aromatic nitrogens is 1. The van der Waals surface area contributed by atoms with E-state index in [1.165, 1.54) is 17.4 Å². The van der Waals surface area contributed by atoms with Gasteiger partial charge in [0.2, 0.25) is 5.91 Å². The molecule has 0 spiro atoms. The number of amides is 1. The summed E-state index contributed by atoms with van der Waals surface area (Å²) in [5, 5.41) is 6.18. The van der Waals surface area contributed by atoms with E-state index in [-0.39, 0.29) is 36.5 Å². The van der Waals surface area contributed by atoms with Crippen LogP contribution in [0, 0.1) is 12.8 Å². The number of thiazole rings is 1. The van der Waals surface area contributed by atoms with E-state index in [4.69, 9.17) is 27.9 Å². The average Bonchev–Trinajstić information content (AvgIpc) is 3.13. The lowest BCUT2D eigenvalue weighted by atomic mass is 9.91. The van der Waals surface area contributed by atoms with E-state index in [2.05, 4.69) is 10.3 Å². The summed E-state index contributed by atoms with van der Waals surface area (Å²) in [4.78, 5) is 17.0. The topological polar surface area (TPSA) is 85.4 Å². The number of halogens is 2. The molecule has 1 unspecified atom stereocenters. The summed E-state index contributed by atoms with van der Waals surface area (Å²) in [6, 6.07) is 9.78. The molecule has 176 valence electrons. The van der Waals surface area contributed by atoms with E-state index in [9.17, 15) is 13.2 Å². The zero-order chi connectivity index (χ0) is 22.9. The predicted molar refractivity (Wildman–Crippen MR) is 133 cm³/mol. The first-order valence-electron chi connectivity index (χ1n) is 9.87. The van der Waals surface area contributed by atoms with Crippen molar-refractivity contribution in [3.8, 4) is 5.75 Å². The Kier molecular flexibility index (Phi) is 8.05. The highest BCUT2D eigenvalue weighted by Gasteiger charge is 2.28. The second kappa shape index (κ2) is 10.4. The van der Waals surface area contributed by atoms with Crippen molar-refractivity contribution < 1.29 is 17.9 Å². The van der Waals surface area contributed by atoms with Gasteiger partial charge in [0.1, 0.15) is 16.5 Å². The van der Waals surface area contributed by atoms with Crippen molar-refractivity contribution in [3.05, 3.63) is 68.1 Å². The monoisotopic (exact) mass is 526 g/mol. The van der Waals surface area contributed by atoms with Gasteiger partial charge in [-0.25, -0.2) is 13.4 Å². The number of ether oxygens (including phenoxy) is 1. The first-order chi connectivity index (χ1) is 15.2. The van der Waals surface area contributed by atoms with E-state index < -0.39 is 9.84 Å². The SMILES string of the molecule is C.Cc1csc(CS(=O)(=O)c2ccc3c(c2)CC(CCOc2ccc(Cl)cc2Cl)C(=O)N3)n1. The molecule has 0 fully saturated rings. The Bertz CT molecular complexity index is 1280. The maximum atomic E-state index is 12.9. The lowest BCUT2D eigenvalue weighted by Crippen LogP contribution is -2.31. The smallest absolute Gasteiger partial charge is 0.227 e. The van der Waals surface area contributed by atoms with Crippen LogP contribution in [-0.4, -0.2) is 25.9 Å². The molecule has 1 amide bonds. The zero-order valence-corrected chi connectivity index (χ0v) is 20.2. The second-order valence-corrected chi connectivity index (χ2v) is 11.3. The number of aryl methyl sites for hydroxylation is 1. The number of nitrogens with zero attached hydrogens (tertiary/aromatic N) is 1. The highest BCUT2D eigenvalue weighted by molar-refractivity contribution is 7.90. The molecule has 0 saturated heterocycles. The van der Waals surface area contributed by atoms with Crippen LogP contribution in [0.25, 0.3) is 0 Å². The van der Waals surface area contributed by atoms with Gasteiger partial charge in [-0.3, -0.25) is 4.79 Å². The molecule has 0 saturated carbocycles. The van der Waals surface area contributed by atoms with Gasteiger partial charge in [-0.15, -0.1) is 11.3 Å². The Hall–Kier alpha value is -2.13. The van der Waals surface area contributed by atoms with Crippen LogP contribution in [-0.2, 0) is 26.8 Å². The van der Waals surface area contributed by atoms with Gasteiger partial charge in [-0.05, 0) is 61.7 Å². The molecule has 1 aromatic heterocycles. The molecule has 33 heavy (non-hydrogen) atoms. The fraction of sp³-hybridized carbons (Fsp3) is 0.304. The zero-order valence-electron chi connectivity index (χ0n) is 17.1. The van der Waals surface area contributed by atoms with Crippen LogP contribution in [0.5, 0.6) is 5.75 Å². The molecular formula is C23H24Cl2N2O4S2. The van der Waals surface area contributed by atoms with Gasteiger partial charge in [0.25, 0.3) is 0 Å². The Morgan fingerprint density at radius 3 is 2.70 bits per heavy atom. The van der Waals surface area contributed by atoms with Crippen LogP contribution in [0.2, 0.25) is 10.0 Å². The summed E-state index contributed by atoms with van der Waals surface area (Å²) in [5.41, 5.74) is 2.23. The van der Waals surface area contributed by atoms with Gasteiger partial charge in [0.15, 0.2) is 9.84 Å². The summed E-state index contributed by atoms with van der Waals surface area (Å²) in [6.07, 6.45) is 0.887. The molecule has 10 heteroatoms. The second-order valence-electron chi connectivity index (χ2n) is 7.56. The van der Waals surface area contributed by atoms with Gasteiger partial charge in [-0.2, -0.15) is 0 Å². The molecule has 0 radical (unpaired) electrons. The number of carbonyl (C=O) groups excluding carboxylic acids is 1. The minimum Gasteiger partial charge on any atom is -0.492 e. The number of anilines is 1. The minimum absolute atomic E-state index is 0. The quantitative estimate of drug-likeness (QED) is 0.411. The molecule has 1 aliphatic rings. The maximum Gasteiger partial charge on any atom is 0.227 e. The van der Waals surface area contributed by atoms with Gasteiger partial charge >= 0.3 is 0 Å². The van der Waals surface area contributed by atoms with Crippen LogP contribution in [0.3, 0.4) is 0 Å². The summed E-state index contributed by atoms with van der Waals surface area (Å²) in [7, 11) is -3.54. The Morgan fingerprint density at radius 1 is 1.21 bits per heavy atom. The van der Waals surface area contributed by atoms with E-state index in [1.54, 1.807) is 30.3 Å². The number of hydrogen-bond donors (Lipinski definition) is 1. The number of hydrogen-bond acceptors (Lipinski definition) is 6. The first kappa shape index (κ1) is 25.5. The van der Waals surface area contributed by atoms with Gasteiger partial charge in [0, 0.05) is 27.7 Å². The van der Waals surface area contributed by atoms with Crippen molar-refractivity contribution >= 4 is 56.0 Å². The molecule has 2 heterocycles. The summed E-state index contributed by atoms with van der Waals surface area (Å²) >= 11 is 13.3. The number of nitrogens with one attached hydrogen (secondary N) is 1. The van der Waals surface area contributed by atoms with Crippen LogP contribution in [0.15, 0.2) is 46.7 Å². The van der Waals surface area contributed by atoms with E-state index in [0.717, 1.165) is 11.3 Å². The average molecular weight is 527 g/mol. The lowest BCUT2D eigenvalue weighted by Gasteiger charge is -2.25. The highest BCUT2D eigenvalue weighted by atomic mass is 35.5. The summed E-state index contributed by atoms with van der Waals surface area (Å²) in [6.45, 7) is 2.12. The van der Waals surface area contributed by atoms with Crippen molar-refractivity contribution in [1.29, 1.82) is 0 Å². The van der Waals surface area contributed by atoms with Crippen molar-refractivity contribution in [3.63, 3.8) is 0 Å². The molecule has 6 nitrogen and oxygen atoms in total. The fourth-order valence-electron chi connectivity index (χ4n) is 3.50. The van der Waals surface area contributed by atoms with Gasteiger partial charge in [-0.1, -0.05) is 30.6 Å². The molecule has 1 atom stereocenters. The van der Waals surface area contributed by atoms with E-state index >= 15 is 0 Å². The molecule has 2 aromatic carbocycles. The standard InChI is InChI=1S/C22H20Cl2N2O4S2.CH4/c1-13-11-31-21(25-13)12-32(28,29)17-3-4-19-15(9-17)8-14(22(27)26-19)6-7-30-20-5-2-16(23)10-18(20)24;/h2-5,9-11,14H,6-8,12H2,1H3,(H,26,27);1H4. The van der Waals surface area contributed by atoms with E-state index in [1.807, 2.05) is 12.3 Å². The third-order valence-corrected chi connectivity index (χ3v) is 8.43. The van der Waals surface area contributed by atoms with Crippen LogP contribution in [0.4, 0.5) is 5.69 Å². The summed E-state index contributed by atoms with van der Waals surface area (Å²) in [5.74, 6) is -0.0979. The van der Waals surface area contributed by atoms with Crippen LogP contribution >= 0.6 is 34.5 Å². The molecular weight excluding hydrogens is 503 g/mol. The summed E-state index contributed by atoms with van der Waals surface area (Å²) < 4.78 is 31.4. The fourth-order valence-corrected chi connectivity index (χ4v) is 6.41. The molecule has 1 N–H and O–H groups in total. The Labute approximate surface area is 207 Å². The van der Waals surface area contributed by atoms with Crippen LogP contribution < -0.4 is 10.1 Å². The molecule has 4 rings (SSSR count). The highest BCUT2D eigenvalue weighted by Crippen LogP contribution is 2.32. The molecule has 3 aromatic rings.